The summed E-state index contributed by atoms with van der Waals surface area (Å²) in [5.74, 6) is 0. The number of rotatable bonds is 0. The van der Waals surface area contributed by atoms with Crippen LogP contribution in [0.4, 0.5) is 0 Å². The molecule has 0 bridgehead atoms. The van der Waals surface area contributed by atoms with Gasteiger partial charge in [0.05, 0.1) is 28.2 Å². The summed E-state index contributed by atoms with van der Waals surface area (Å²) < 4.78 is 1.00. The van der Waals surface area contributed by atoms with Crippen LogP contribution in [-0.4, -0.2) is 44.9 Å². The molecule has 0 atom stereocenters. The van der Waals surface area contributed by atoms with Gasteiger partial charge < -0.3 is 33.6 Å². The summed E-state index contributed by atoms with van der Waals surface area (Å²) in [4.78, 5) is 0. The summed E-state index contributed by atoms with van der Waals surface area (Å²) in [5, 5.41) is 7.00. The molecule has 0 radical (unpaired) electrons. The molecule has 0 saturated heterocycles. The average molecular weight is 233 g/mol. The van der Waals surface area contributed by atoms with Gasteiger partial charge in [0.25, 0.3) is 0 Å². The molecular weight excluding hydrogens is 217 g/mol. The van der Waals surface area contributed by atoms with E-state index < -0.39 is 0 Å². The predicted molar refractivity (Wildman–Crippen MR) is 32.1 cm³/mol. The van der Waals surface area contributed by atoms with E-state index in [-0.39, 0.29) is 24.0 Å². The van der Waals surface area contributed by atoms with E-state index in [1.807, 2.05) is 0 Å². The van der Waals surface area contributed by atoms with Crippen LogP contribution in [0, 0.1) is 0 Å². The first-order valence-corrected chi connectivity index (χ1v) is 2.24. The highest BCUT2D eigenvalue weighted by atomic mass is 127. The lowest BCUT2D eigenvalue weighted by atomic mass is 10.8. The summed E-state index contributed by atoms with van der Waals surface area (Å²) in [7, 11) is 9.50. The summed E-state index contributed by atoms with van der Waals surface area (Å²) in [6.07, 6.45) is 0. The number of nitrogens with zero attached hydrogens (tertiary/aromatic N) is 1. The van der Waals surface area contributed by atoms with Gasteiger partial charge in [-0.2, -0.15) is 0 Å². The van der Waals surface area contributed by atoms with Gasteiger partial charge in [0, 0.05) is 7.11 Å². The molecule has 0 aromatic rings. The SMILES string of the molecule is CO.C[N+](C)(C)C.[I-]. The van der Waals surface area contributed by atoms with Crippen LogP contribution in [-0.2, 0) is 0 Å². The zero-order chi connectivity index (χ0) is 6.50. The number of halogens is 1. The summed E-state index contributed by atoms with van der Waals surface area (Å²) in [6.45, 7) is 0. The zero-order valence-corrected chi connectivity index (χ0v) is 8.43. The molecule has 0 aliphatic carbocycles. The van der Waals surface area contributed by atoms with Crippen molar-refractivity contribution in [2.75, 3.05) is 35.3 Å². The van der Waals surface area contributed by atoms with Crippen LogP contribution in [0.1, 0.15) is 0 Å². The fourth-order valence-corrected chi connectivity index (χ4v) is 0. The highest BCUT2D eigenvalue weighted by Gasteiger charge is 1.88. The van der Waals surface area contributed by atoms with Gasteiger partial charge in [0.2, 0.25) is 0 Å². The maximum absolute atomic E-state index is 7.00. The molecule has 0 amide bonds. The Kier molecular flexibility index (Phi) is 15.2. The molecule has 0 aromatic heterocycles. The fourth-order valence-electron chi connectivity index (χ4n) is 0. The van der Waals surface area contributed by atoms with E-state index in [1.54, 1.807) is 0 Å². The number of hydrogen-bond acceptors (Lipinski definition) is 1. The van der Waals surface area contributed by atoms with E-state index in [9.17, 15) is 0 Å². The Morgan fingerprint density at radius 1 is 0.875 bits per heavy atom. The maximum atomic E-state index is 7.00. The van der Waals surface area contributed by atoms with E-state index in [2.05, 4.69) is 28.2 Å². The minimum absolute atomic E-state index is 0. The van der Waals surface area contributed by atoms with Gasteiger partial charge in [0.1, 0.15) is 0 Å². The Morgan fingerprint density at radius 3 is 0.875 bits per heavy atom. The van der Waals surface area contributed by atoms with E-state index in [4.69, 9.17) is 5.11 Å². The molecule has 3 heteroatoms. The van der Waals surface area contributed by atoms with E-state index in [1.165, 1.54) is 0 Å². The van der Waals surface area contributed by atoms with Crippen molar-refractivity contribution >= 4 is 0 Å². The molecule has 0 fully saturated rings. The topological polar surface area (TPSA) is 20.2 Å². The van der Waals surface area contributed by atoms with Crippen LogP contribution in [0.2, 0.25) is 0 Å². The van der Waals surface area contributed by atoms with Crippen LogP contribution in [0.15, 0.2) is 0 Å². The second kappa shape index (κ2) is 7.65. The fraction of sp³-hybridized carbons (Fsp3) is 1.00. The lowest BCUT2D eigenvalue weighted by Gasteiger charge is -2.14. The lowest BCUT2D eigenvalue weighted by molar-refractivity contribution is -0.849. The Labute approximate surface area is 69.1 Å². The van der Waals surface area contributed by atoms with Gasteiger partial charge in [-0.3, -0.25) is 0 Å². The number of quaternary nitrogens is 1. The molecule has 8 heavy (non-hydrogen) atoms. The predicted octanol–water partition coefficient (Wildman–Crippen LogP) is -3.07. The zero-order valence-electron chi connectivity index (χ0n) is 6.27. The number of aliphatic hydroxyl groups excluding tert-OH is 1. The average Bonchev–Trinajstić information content (AvgIpc) is 1.36. The van der Waals surface area contributed by atoms with Crippen LogP contribution in [0.5, 0.6) is 0 Å². The van der Waals surface area contributed by atoms with Crippen LogP contribution in [0.3, 0.4) is 0 Å². The third-order valence-corrected chi connectivity index (χ3v) is 0. The van der Waals surface area contributed by atoms with Gasteiger partial charge in [-0.05, 0) is 0 Å². The lowest BCUT2D eigenvalue weighted by Crippen LogP contribution is -3.00. The van der Waals surface area contributed by atoms with Crippen LogP contribution in [0.25, 0.3) is 0 Å². The maximum Gasteiger partial charge on any atom is 0.0675 e. The van der Waals surface area contributed by atoms with Gasteiger partial charge >= 0.3 is 0 Å². The molecule has 1 N–H and O–H groups in total. The highest BCUT2D eigenvalue weighted by Crippen LogP contribution is 1.73. The van der Waals surface area contributed by atoms with Gasteiger partial charge in [-0.1, -0.05) is 0 Å². The Hall–Kier alpha value is 0.650. The highest BCUT2D eigenvalue weighted by molar-refractivity contribution is 3.87. The number of hydrogen-bond donors (Lipinski definition) is 1. The van der Waals surface area contributed by atoms with Gasteiger partial charge in [0.15, 0.2) is 0 Å². The van der Waals surface area contributed by atoms with E-state index >= 15 is 0 Å². The second-order valence-corrected chi connectivity index (χ2v) is 2.68. The smallest absolute Gasteiger partial charge is 0.0675 e. The first-order valence-electron chi connectivity index (χ1n) is 2.24. The summed E-state index contributed by atoms with van der Waals surface area (Å²) in [6, 6.07) is 0. The molecular formula is C5H16INO. The standard InChI is InChI=1S/C4H12N.CH4O.HI/c1-5(2,3)4;1-2;/h1-4H3;2H,1H3;1H/q+1;;/p-1. The van der Waals surface area contributed by atoms with Crippen LogP contribution < -0.4 is 24.0 Å². The third kappa shape index (κ3) is 502. The van der Waals surface area contributed by atoms with Gasteiger partial charge in [-0.15, -0.1) is 0 Å². The Balaban J connectivity index is -0.0000000750. The van der Waals surface area contributed by atoms with Crippen molar-refractivity contribution in [1.82, 2.24) is 0 Å². The van der Waals surface area contributed by atoms with Crippen LogP contribution >= 0.6 is 0 Å². The third-order valence-electron chi connectivity index (χ3n) is 0. The summed E-state index contributed by atoms with van der Waals surface area (Å²) >= 11 is 0. The van der Waals surface area contributed by atoms with Crippen molar-refractivity contribution in [2.45, 2.75) is 0 Å². The first kappa shape index (κ1) is 15.9. The molecule has 54 valence electrons. The Morgan fingerprint density at radius 2 is 0.875 bits per heavy atom. The molecule has 0 unspecified atom stereocenters. The molecule has 0 heterocycles. The second-order valence-electron chi connectivity index (χ2n) is 2.68. The first-order chi connectivity index (χ1) is 3.00. The van der Waals surface area contributed by atoms with Crippen molar-refractivity contribution in [2.24, 2.45) is 0 Å². The molecule has 0 saturated carbocycles. The van der Waals surface area contributed by atoms with Gasteiger partial charge in [-0.25, -0.2) is 0 Å². The van der Waals surface area contributed by atoms with Crippen molar-refractivity contribution < 1.29 is 33.6 Å². The van der Waals surface area contributed by atoms with Crippen molar-refractivity contribution in [1.29, 1.82) is 0 Å². The Bertz CT molecular complexity index is 27.9. The molecule has 0 aliphatic heterocycles. The quantitative estimate of drug-likeness (QED) is 0.348. The largest absolute Gasteiger partial charge is 1.00 e. The van der Waals surface area contributed by atoms with E-state index in [0.717, 1.165) is 11.6 Å². The molecule has 0 spiro atoms. The van der Waals surface area contributed by atoms with Crippen molar-refractivity contribution in [3.05, 3.63) is 0 Å². The van der Waals surface area contributed by atoms with Crippen molar-refractivity contribution in [3.63, 3.8) is 0 Å². The molecule has 0 aliphatic rings. The minimum Gasteiger partial charge on any atom is -1.00 e. The summed E-state index contributed by atoms with van der Waals surface area (Å²) in [5.41, 5.74) is 0. The van der Waals surface area contributed by atoms with Crippen molar-refractivity contribution in [3.8, 4) is 0 Å². The number of aliphatic hydroxyl groups is 1. The molecule has 0 rings (SSSR count). The molecule has 0 aromatic carbocycles. The molecule has 2 nitrogen and oxygen atoms in total. The van der Waals surface area contributed by atoms with E-state index in [0.29, 0.717) is 0 Å². The monoisotopic (exact) mass is 233 g/mol. The minimum atomic E-state index is 0. The normalized spacial score (nSPS) is 8.25.